The van der Waals surface area contributed by atoms with Gasteiger partial charge in [0.15, 0.2) is 6.23 Å². The minimum atomic E-state index is -4.77. The van der Waals surface area contributed by atoms with E-state index in [1.807, 2.05) is 0 Å². The molecule has 0 saturated carbocycles. The van der Waals surface area contributed by atoms with Gasteiger partial charge in [0.05, 0.1) is 6.20 Å². The van der Waals surface area contributed by atoms with E-state index in [4.69, 9.17) is 4.74 Å². The molecule has 1 aromatic carbocycles. The van der Waals surface area contributed by atoms with E-state index in [9.17, 15) is 18.0 Å². The highest BCUT2D eigenvalue weighted by Gasteiger charge is 2.31. The van der Waals surface area contributed by atoms with Crippen molar-refractivity contribution in [1.29, 1.82) is 0 Å². The molecule has 0 aliphatic carbocycles. The van der Waals surface area contributed by atoms with E-state index in [1.165, 1.54) is 31.5 Å². The number of ether oxygens (including phenoxy) is 2. The van der Waals surface area contributed by atoms with Gasteiger partial charge in [0, 0.05) is 18.9 Å². The topological polar surface area (TPSA) is 64.9 Å². The average Bonchev–Trinajstić information content (AvgIpc) is 3.09. The van der Waals surface area contributed by atoms with Crippen molar-refractivity contribution in [2.45, 2.75) is 25.9 Å². The molecule has 148 valence electrons. The number of aryl methyl sites for hydroxylation is 1. The van der Waals surface area contributed by atoms with Gasteiger partial charge >= 0.3 is 6.36 Å². The Labute approximate surface area is 158 Å². The molecular formula is C19H18F3N3O3. The number of hydrogen-bond donors (Lipinski definition) is 1. The quantitative estimate of drug-likeness (QED) is 0.646. The monoisotopic (exact) mass is 393 g/mol. The van der Waals surface area contributed by atoms with E-state index in [1.54, 1.807) is 35.7 Å². The summed E-state index contributed by atoms with van der Waals surface area (Å²) in [6, 6.07) is 9.26. The molecule has 1 N–H and O–H groups in total. The highest BCUT2D eigenvalue weighted by molar-refractivity contribution is 5.93. The fraction of sp³-hybridized carbons (Fsp3) is 0.263. The van der Waals surface area contributed by atoms with Crippen molar-refractivity contribution in [1.82, 2.24) is 14.7 Å². The smallest absolute Gasteiger partial charge is 0.406 e. The number of imidazole rings is 1. The normalized spacial score (nSPS) is 12.8. The summed E-state index contributed by atoms with van der Waals surface area (Å²) in [5.41, 5.74) is 2.03. The molecule has 0 bridgehead atoms. The third-order valence-electron chi connectivity index (χ3n) is 4.16. The average molecular weight is 393 g/mol. The third-order valence-corrected chi connectivity index (χ3v) is 4.16. The highest BCUT2D eigenvalue weighted by Crippen LogP contribution is 2.28. The van der Waals surface area contributed by atoms with Crippen LogP contribution in [0.2, 0.25) is 0 Å². The number of carbonyl (C=O) groups is 1. The Bertz CT molecular complexity index is 985. The van der Waals surface area contributed by atoms with Crippen molar-refractivity contribution >= 4 is 11.6 Å². The van der Waals surface area contributed by atoms with Gasteiger partial charge in [-0.3, -0.25) is 9.20 Å². The van der Waals surface area contributed by atoms with Crippen LogP contribution in [0.15, 0.2) is 48.8 Å². The maximum Gasteiger partial charge on any atom is 0.573 e. The maximum atomic E-state index is 12.7. The van der Waals surface area contributed by atoms with Gasteiger partial charge in [-0.2, -0.15) is 0 Å². The fourth-order valence-corrected chi connectivity index (χ4v) is 2.90. The minimum Gasteiger partial charge on any atom is -0.406 e. The summed E-state index contributed by atoms with van der Waals surface area (Å²) in [5.74, 6) is -0.751. The number of halogens is 3. The molecule has 3 aromatic rings. The van der Waals surface area contributed by atoms with Crippen LogP contribution in [0.4, 0.5) is 13.2 Å². The number of aromatic nitrogens is 2. The molecule has 9 heteroatoms. The first-order valence-corrected chi connectivity index (χ1v) is 8.46. The second-order valence-corrected chi connectivity index (χ2v) is 5.92. The Hall–Kier alpha value is -3.07. The minimum absolute atomic E-state index is 0.313. The predicted octanol–water partition coefficient (Wildman–Crippen LogP) is 3.87. The van der Waals surface area contributed by atoms with Crippen LogP contribution in [-0.2, 0) is 11.2 Å². The molecule has 0 aliphatic heterocycles. The lowest BCUT2D eigenvalue weighted by atomic mass is 10.0. The SMILES string of the molecule is CCc1cc(OC(F)(F)F)ccc1C(NC(=O)c1cnc2ccccn12)OC. The number of carbonyl (C=O) groups excluding carboxylic acids is 1. The van der Waals surface area contributed by atoms with Crippen LogP contribution in [0.5, 0.6) is 5.75 Å². The van der Waals surface area contributed by atoms with Gasteiger partial charge in [0.25, 0.3) is 5.91 Å². The van der Waals surface area contributed by atoms with Gasteiger partial charge < -0.3 is 14.8 Å². The van der Waals surface area contributed by atoms with Crippen LogP contribution in [0.1, 0.15) is 34.8 Å². The molecule has 28 heavy (non-hydrogen) atoms. The van der Waals surface area contributed by atoms with Gasteiger partial charge in [-0.05, 0) is 36.2 Å². The molecule has 3 rings (SSSR count). The lowest BCUT2D eigenvalue weighted by molar-refractivity contribution is -0.274. The van der Waals surface area contributed by atoms with Crippen molar-refractivity contribution in [3.8, 4) is 5.75 Å². The number of nitrogens with zero attached hydrogens (tertiary/aromatic N) is 2. The number of benzene rings is 1. The molecule has 0 fully saturated rings. The summed E-state index contributed by atoms with van der Waals surface area (Å²) in [6.45, 7) is 1.79. The molecular weight excluding hydrogens is 375 g/mol. The second kappa shape index (κ2) is 7.89. The van der Waals surface area contributed by atoms with Crippen molar-refractivity contribution in [2.75, 3.05) is 7.11 Å². The molecule has 1 amide bonds. The maximum absolute atomic E-state index is 12.7. The van der Waals surface area contributed by atoms with Gasteiger partial charge in [-0.15, -0.1) is 13.2 Å². The van der Waals surface area contributed by atoms with Gasteiger partial charge in [0.2, 0.25) is 0 Å². The zero-order chi connectivity index (χ0) is 20.3. The van der Waals surface area contributed by atoms with Gasteiger partial charge in [0.1, 0.15) is 17.1 Å². The molecule has 2 heterocycles. The summed E-state index contributed by atoms with van der Waals surface area (Å²) in [4.78, 5) is 16.9. The number of methoxy groups -OCH3 is 1. The molecule has 2 aromatic heterocycles. The third kappa shape index (κ3) is 4.25. The molecule has 0 radical (unpaired) electrons. The number of pyridine rings is 1. The molecule has 6 nitrogen and oxygen atoms in total. The number of rotatable bonds is 6. The van der Waals surface area contributed by atoms with Crippen molar-refractivity contribution < 1.29 is 27.4 Å². The Balaban J connectivity index is 1.85. The fourth-order valence-electron chi connectivity index (χ4n) is 2.90. The van der Waals surface area contributed by atoms with Gasteiger partial charge in [-0.1, -0.05) is 19.1 Å². The first kappa shape index (κ1) is 19.7. The number of amides is 1. The Morgan fingerprint density at radius 1 is 1.29 bits per heavy atom. The summed E-state index contributed by atoms with van der Waals surface area (Å²) >= 11 is 0. The van der Waals surface area contributed by atoms with Crippen molar-refractivity contribution in [2.24, 2.45) is 0 Å². The van der Waals surface area contributed by atoms with Crippen molar-refractivity contribution in [3.05, 3.63) is 65.6 Å². The van der Waals surface area contributed by atoms with Crippen LogP contribution in [0.25, 0.3) is 5.65 Å². The van der Waals surface area contributed by atoms with Crippen LogP contribution < -0.4 is 10.1 Å². The first-order chi connectivity index (χ1) is 13.3. The number of alkyl halides is 3. The molecule has 0 saturated heterocycles. The lowest BCUT2D eigenvalue weighted by Crippen LogP contribution is -2.31. The second-order valence-electron chi connectivity index (χ2n) is 5.92. The molecule has 0 spiro atoms. The van der Waals surface area contributed by atoms with Crippen LogP contribution >= 0.6 is 0 Å². The van der Waals surface area contributed by atoms with E-state index in [0.717, 1.165) is 0 Å². The predicted molar refractivity (Wildman–Crippen MR) is 94.9 cm³/mol. The summed E-state index contributed by atoms with van der Waals surface area (Å²) in [6.07, 6.45) is -2.05. The van der Waals surface area contributed by atoms with Gasteiger partial charge in [-0.25, -0.2) is 4.98 Å². The number of nitrogens with one attached hydrogen (secondary N) is 1. The molecule has 1 unspecified atom stereocenters. The summed E-state index contributed by atoms with van der Waals surface area (Å²) < 4.78 is 48.3. The highest BCUT2D eigenvalue weighted by atomic mass is 19.4. The van der Waals surface area contributed by atoms with Crippen LogP contribution in [0.3, 0.4) is 0 Å². The Morgan fingerprint density at radius 2 is 2.07 bits per heavy atom. The number of fused-ring (bicyclic) bond motifs is 1. The van der Waals surface area contributed by atoms with E-state index in [0.29, 0.717) is 28.9 Å². The Kier molecular flexibility index (Phi) is 5.55. The summed E-state index contributed by atoms with van der Waals surface area (Å²) in [7, 11) is 1.40. The Morgan fingerprint density at radius 3 is 2.75 bits per heavy atom. The lowest BCUT2D eigenvalue weighted by Gasteiger charge is -2.21. The molecule has 1 atom stereocenters. The van der Waals surface area contributed by atoms with Crippen molar-refractivity contribution in [3.63, 3.8) is 0 Å². The van der Waals surface area contributed by atoms with Crippen LogP contribution in [0, 0.1) is 0 Å². The standard InChI is InChI=1S/C19H18F3N3O3/c1-3-12-10-13(28-19(20,21)22)7-8-14(12)18(27-2)24-17(26)15-11-23-16-6-4-5-9-25(15)16/h4-11,18H,3H2,1-2H3,(H,24,26). The van der Waals surface area contributed by atoms with E-state index < -0.39 is 18.5 Å². The largest absolute Gasteiger partial charge is 0.573 e. The first-order valence-electron chi connectivity index (χ1n) is 8.46. The van der Waals surface area contributed by atoms with Crippen LogP contribution in [-0.4, -0.2) is 28.8 Å². The molecule has 0 aliphatic rings. The zero-order valence-corrected chi connectivity index (χ0v) is 15.2. The van der Waals surface area contributed by atoms with E-state index in [-0.39, 0.29) is 5.75 Å². The van der Waals surface area contributed by atoms with E-state index >= 15 is 0 Å². The number of hydrogen-bond acceptors (Lipinski definition) is 4. The van der Waals surface area contributed by atoms with E-state index in [2.05, 4.69) is 15.0 Å². The zero-order valence-electron chi connectivity index (χ0n) is 15.2. The summed E-state index contributed by atoms with van der Waals surface area (Å²) in [5, 5.41) is 2.73.